The molecule has 1 amide bonds. The van der Waals surface area contributed by atoms with Crippen LogP contribution in [0.1, 0.15) is 57.2 Å². The predicted molar refractivity (Wildman–Crippen MR) is 133 cm³/mol. The maximum Gasteiger partial charge on any atom is 0.392 e. The summed E-state index contributed by atoms with van der Waals surface area (Å²) < 4.78 is 46.4. The Morgan fingerprint density at radius 3 is 2.09 bits per heavy atom. The molecule has 3 unspecified atom stereocenters. The Balaban J connectivity index is 2.36. The Morgan fingerprint density at radius 1 is 1.00 bits per heavy atom. The predicted octanol–water partition coefficient (Wildman–Crippen LogP) is 7.74. The van der Waals surface area contributed by atoms with Gasteiger partial charge in [0.1, 0.15) is 5.60 Å². The molecular formula is C26H30Cl2F3NO3. The average Bonchev–Trinajstić information content (AvgIpc) is 2.72. The zero-order valence-corrected chi connectivity index (χ0v) is 22.0. The molecule has 0 aliphatic heterocycles. The minimum absolute atomic E-state index is 0.180. The van der Waals surface area contributed by atoms with Gasteiger partial charge >= 0.3 is 12.1 Å². The summed E-state index contributed by atoms with van der Waals surface area (Å²) >= 11 is 12.2. The van der Waals surface area contributed by atoms with Gasteiger partial charge in [0.25, 0.3) is 0 Å². The summed E-state index contributed by atoms with van der Waals surface area (Å²) in [5.41, 5.74) is 1.04. The topological polar surface area (TPSA) is 55.4 Å². The summed E-state index contributed by atoms with van der Waals surface area (Å²) in [7, 11) is 0. The third kappa shape index (κ3) is 7.87. The number of ether oxygens (including phenoxy) is 1. The third-order valence-electron chi connectivity index (χ3n) is 5.64. The number of alkyl halides is 3. The van der Waals surface area contributed by atoms with Crippen LogP contribution < -0.4 is 5.32 Å². The van der Waals surface area contributed by atoms with Crippen molar-refractivity contribution in [1.29, 1.82) is 0 Å². The first-order valence-corrected chi connectivity index (χ1v) is 11.9. The Kier molecular flexibility index (Phi) is 9.28. The zero-order valence-electron chi connectivity index (χ0n) is 20.5. The smallest absolute Gasteiger partial charge is 0.392 e. The van der Waals surface area contributed by atoms with Gasteiger partial charge in [-0.1, -0.05) is 55.2 Å². The van der Waals surface area contributed by atoms with E-state index in [0.29, 0.717) is 17.0 Å². The first kappa shape index (κ1) is 29.0. The molecule has 0 aliphatic carbocycles. The fourth-order valence-electron chi connectivity index (χ4n) is 3.64. The highest BCUT2D eigenvalue weighted by molar-refractivity contribution is 6.34. The fraction of sp³-hybridized carbons (Fsp3) is 0.462. The summed E-state index contributed by atoms with van der Waals surface area (Å²) in [4.78, 5) is 25.6. The van der Waals surface area contributed by atoms with E-state index >= 15 is 0 Å². The maximum absolute atomic E-state index is 13.6. The van der Waals surface area contributed by atoms with Gasteiger partial charge in [-0.05, 0) is 69.0 Å². The number of benzene rings is 2. The van der Waals surface area contributed by atoms with Crippen LogP contribution in [-0.4, -0.2) is 23.7 Å². The number of nitrogens with one attached hydrogen (secondary N) is 1. The van der Waals surface area contributed by atoms with Gasteiger partial charge in [0, 0.05) is 5.02 Å². The second-order valence-electron chi connectivity index (χ2n) is 9.69. The molecular weight excluding hydrogens is 502 g/mol. The second-order valence-corrected chi connectivity index (χ2v) is 10.5. The molecule has 192 valence electrons. The number of halogens is 5. The summed E-state index contributed by atoms with van der Waals surface area (Å²) in [5, 5.41) is 3.13. The van der Waals surface area contributed by atoms with Crippen LogP contribution in [0, 0.1) is 18.8 Å². The van der Waals surface area contributed by atoms with Crippen molar-refractivity contribution < 1.29 is 27.5 Å². The summed E-state index contributed by atoms with van der Waals surface area (Å²) in [5.74, 6) is -5.19. The number of amides is 1. The normalized spacial score (nSPS) is 14.7. The minimum Gasteiger partial charge on any atom is -0.460 e. The van der Waals surface area contributed by atoms with E-state index in [1.165, 1.54) is 24.3 Å². The minimum atomic E-state index is -4.61. The van der Waals surface area contributed by atoms with E-state index in [2.05, 4.69) is 5.32 Å². The van der Waals surface area contributed by atoms with Gasteiger partial charge in [-0.15, -0.1) is 0 Å². The molecule has 0 radical (unpaired) electrons. The highest BCUT2D eigenvalue weighted by atomic mass is 35.5. The van der Waals surface area contributed by atoms with Gasteiger partial charge in [0.2, 0.25) is 5.91 Å². The number of carbonyl (C=O) groups excluding carboxylic acids is 2. The first-order chi connectivity index (χ1) is 16.0. The van der Waals surface area contributed by atoms with E-state index in [1.807, 2.05) is 0 Å². The van der Waals surface area contributed by atoms with Crippen molar-refractivity contribution in [2.24, 2.45) is 11.8 Å². The van der Waals surface area contributed by atoms with Crippen LogP contribution in [0.25, 0.3) is 0 Å². The molecule has 0 saturated heterocycles. The van der Waals surface area contributed by atoms with E-state index in [9.17, 15) is 22.8 Å². The molecule has 4 nitrogen and oxygen atoms in total. The average molecular weight is 532 g/mol. The van der Waals surface area contributed by atoms with Crippen LogP contribution in [0.15, 0.2) is 36.4 Å². The first-order valence-electron chi connectivity index (χ1n) is 11.1. The molecule has 2 rings (SSSR count). The largest absolute Gasteiger partial charge is 0.460 e. The number of anilines is 1. The van der Waals surface area contributed by atoms with Crippen molar-refractivity contribution in [3.8, 4) is 0 Å². The van der Waals surface area contributed by atoms with Gasteiger partial charge < -0.3 is 10.1 Å². The van der Waals surface area contributed by atoms with Crippen molar-refractivity contribution in [3.63, 3.8) is 0 Å². The zero-order chi connectivity index (χ0) is 26.7. The summed E-state index contributed by atoms with van der Waals surface area (Å²) in [6, 6.07) is 8.97. The number of carbonyl (C=O) groups is 2. The number of esters is 1. The van der Waals surface area contributed by atoms with Crippen molar-refractivity contribution in [1.82, 2.24) is 0 Å². The van der Waals surface area contributed by atoms with Crippen molar-refractivity contribution >= 4 is 40.8 Å². The lowest BCUT2D eigenvalue weighted by atomic mass is 9.85. The van der Waals surface area contributed by atoms with Crippen molar-refractivity contribution in [2.75, 3.05) is 5.32 Å². The van der Waals surface area contributed by atoms with E-state index in [-0.39, 0.29) is 22.2 Å². The molecule has 0 fully saturated rings. The Morgan fingerprint density at radius 2 is 1.57 bits per heavy atom. The molecule has 9 heteroatoms. The highest BCUT2D eigenvalue weighted by Gasteiger charge is 2.45. The highest BCUT2D eigenvalue weighted by Crippen LogP contribution is 2.39. The molecule has 0 aliphatic rings. The third-order valence-corrected chi connectivity index (χ3v) is 6.20. The molecule has 1 N–H and O–H groups in total. The van der Waals surface area contributed by atoms with Gasteiger partial charge in [-0.2, -0.15) is 13.2 Å². The number of rotatable bonds is 7. The molecule has 0 bridgehead atoms. The van der Waals surface area contributed by atoms with Crippen LogP contribution in [0.4, 0.5) is 18.9 Å². The standard InChI is InChI=1S/C26H30Cl2F3NO3/c1-14(24(34)35-25(4,5)6)13-18-9-12-20(28)22(15(18)2)32-23(33)21(16(3)26(29,30)31)17-7-10-19(27)11-8-17/h7-12,14,16,21H,13H2,1-6H3,(H,32,33). The lowest BCUT2D eigenvalue weighted by Gasteiger charge is -2.27. The molecule has 0 aromatic heterocycles. The second kappa shape index (κ2) is 11.2. The maximum atomic E-state index is 13.6. The van der Waals surface area contributed by atoms with Crippen LogP contribution in [-0.2, 0) is 20.7 Å². The molecule has 3 atom stereocenters. The van der Waals surface area contributed by atoms with E-state index in [0.717, 1.165) is 12.5 Å². The number of hydrogen-bond acceptors (Lipinski definition) is 3. The Bertz CT molecular complexity index is 1060. The monoisotopic (exact) mass is 531 g/mol. The molecule has 0 spiro atoms. The lowest BCUT2D eigenvalue weighted by molar-refractivity contribution is -0.178. The van der Waals surface area contributed by atoms with Gasteiger partial charge in [-0.25, -0.2) is 0 Å². The van der Waals surface area contributed by atoms with Crippen LogP contribution >= 0.6 is 23.2 Å². The quantitative estimate of drug-likeness (QED) is 0.371. The SMILES string of the molecule is Cc1c(CC(C)C(=O)OC(C)(C)C)ccc(Cl)c1NC(=O)C(c1ccc(Cl)cc1)C(C)C(F)(F)F. The van der Waals surface area contributed by atoms with Gasteiger partial charge in [-0.3, -0.25) is 9.59 Å². The van der Waals surface area contributed by atoms with Gasteiger partial charge in [0.15, 0.2) is 0 Å². The van der Waals surface area contributed by atoms with Crippen LogP contribution in [0.2, 0.25) is 10.0 Å². The molecule has 0 heterocycles. The molecule has 2 aromatic rings. The summed E-state index contributed by atoms with van der Waals surface area (Å²) in [6.07, 6.45) is -4.30. The molecule has 35 heavy (non-hydrogen) atoms. The Hall–Kier alpha value is -2.25. The summed E-state index contributed by atoms with van der Waals surface area (Å²) in [6.45, 7) is 9.71. The molecule has 0 saturated carbocycles. The number of hydrogen-bond donors (Lipinski definition) is 1. The Labute approximate surface area is 214 Å². The van der Waals surface area contributed by atoms with Crippen LogP contribution in [0.3, 0.4) is 0 Å². The lowest BCUT2D eigenvalue weighted by Crippen LogP contribution is -2.34. The van der Waals surface area contributed by atoms with E-state index in [1.54, 1.807) is 46.8 Å². The van der Waals surface area contributed by atoms with Crippen molar-refractivity contribution in [3.05, 3.63) is 63.1 Å². The van der Waals surface area contributed by atoms with E-state index < -0.39 is 35.4 Å². The fourth-order valence-corrected chi connectivity index (χ4v) is 4.02. The van der Waals surface area contributed by atoms with Crippen molar-refractivity contribution in [2.45, 2.75) is 65.7 Å². The van der Waals surface area contributed by atoms with E-state index in [4.69, 9.17) is 27.9 Å². The van der Waals surface area contributed by atoms with Gasteiger partial charge in [0.05, 0.1) is 28.5 Å². The van der Waals surface area contributed by atoms with Crippen LogP contribution in [0.5, 0.6) is 0 Å². The molecule has 2 aromatic carbocycles.